The molecule has 0 aromatic rings. The molecule has 1 fully saturated rings. The number of hydrogen-bond donors (Lipinski definition) is 0. The highest BCUT2D eigenvalue weighted by Gasteiger charge is 2.14. The van der Waals surface area contributed by atoms with Gasteiger partial charge in [0.2, 0.25) is 0 Å². The highest BCUT2D eigenvalue weighted by atomic mass is 127. The third-order valence-corrected chi connectivity index (χ3v) is 3.17. The Hall–Kier alpha value is 0.650. The van der Waals surface area contributed by atoms with Crippen LogP contribution in [0.4, 0.5) is 0 Å². The van der Waals surface area contributed by atoms with Gasteiger partial charge in [-0.05, 0) is 26.8 Å². The normalized spacial score (nSPS) is 24.0. The van der Waals surface area contributed by atoms with Gasteiger partial charge in [0.25, 0.3) is 0 Å². The van der Waals surface area contributed by atoms with E-state index >= 15 is 0 Å². The predicted molar refractivity (Wildman–Crippen MR) is 56.9 cm³/mol. The second-order valence-corrected chi connectivity index (χ2v) is 4.76. The zero-order chi connectivity index (χ0) is 8.27. The molecule has 1 saturated heterocycles. The summed E-state index contributed by atoms with van der Waals surface area (Å²) in [5.74, 6) is 0. The van der Waals surface area contributed by atoms with Crippen molar-refractivity contribution in [3.05, 3.63) is 0 Å². The molecule has 1 rings (SSSR count). The van der Waals surface area contributed by atoms with Crippen LogP contribution in [0.1, 0.15) is 20.3 Å². The standard InChI is InChI=1S/C8H17IN2/c1-8(2)10-4-3-5-11(9)7-6-10/h8H,3-7H2,1-2H3. The minimum absolute atomic E-state index is 0.720. The lowest BCUT2D eigenvalue weighted by Gasteiger charge is -2.23. The average molecular weight is 268 g/mol. The Bertz CT molecular complexity index is 117. The van der Waals surface area contributed by atoms with Crippen molar-refractivity contribution < 1.29 is 0 Å². The van der Waals surface area contributed by atoms with Gasteiger partial charge in [-0.25, -0.2) is 3.11 Å². The van der Waals surface area contributed by atoms with E-state index in [1.165, 1.54) is 32.6 Å². The van der Waals surface area contributed by atoms with Crippen LogP contribution in [0.15, 0.2) is 0 Å². The lowest BCUT2D eigenvalue weighted by molar-refractivity contribution is 0.235. The fourth-order valence-electron chi connectivity index (χ4n) is 1.42. The maximum atomic E-state index is 2.55. The highest BCUT2D eigenvalue weighted by Crippen LogP contribution is 2.09. The van der Waals surface area contributed by atoms with Crippen LogP contribution in [-0.2, 0) is 0 Å². The Morgan fingerprint density at radius 3 is 2.45 bits per heavy atom. The molecule has 0 unspecified atom stereocenters. The maximum absolute atomic E-state index is 2.55. The molecule has 1 heterocycles. The molecule has 0 atom stereocenters. The number of rotatable bonds is 1. The van der Waals surface area contributed by atoms with Crippen LogP contribution in [0.2, 0.25) is 0 Å². The van der Waals surface area contributed by atoms with Crippen molar-refractivity contribution >= 4 is 22.9 Å². The van der Waals surface area contributed by atoms with Crippen LogP contribution in [0.5, 0.6) is 0 Å². The Balaban J connectivity index is 2.34. The number of hydrogen-bond acceptors (Lipinski definition) is 2. The summed E-state index contributed by atoms with van der Waals surface area (Å²) in [7, 11) is 0. The van der Waals surface area contributed by atoms with Crippen molar-refractivity contribution in [1.82, 2.24) is 8.01 Å². The first kappa shape index (κ1) is 9.74. The summed E-state index contributed by atoms with van der Waals surface area (Å²) in [6.07, 6.45) is 1.32. The van der Waals surface area contributed by atoms with Crippen molar-refractivity contribution in [3.8, 4) is 0 Å². The van der Waals surface area contributed by atoms with Gasteiger partial charge in [0, 0.05) is 48.5 Å². The molecule has 66 valence electrons. The maximum Gasteiger partial charge on any atom is 0.0209 e. The van der Waals surface area contributed by atoms with Crippen LogP contribution in [0.25, 0.3) is 0 Å². The lowest BCUT2D eigenvalue weighted by Crippen LogP contribution is -2.33. The fourth-order valence-corrected chi connectivity index (χ4v) is 1.98. The second-order valence-electron chi connectivity index (χ2n) is 3.39. The van der Waals surface area contributed by atoms with Gasteiger partial charge in [0.15, 0.2) is 0 Å². The molecular formula is C8H17IN2. The summed E-state index contributed by atoms with van der Waals surface area (Å²) in [6, 6.07) is 0.720. The van der Waals surface area contributed by atoms with Crippen molar-refractivity contribution in [1.29, 1.82) is 0 Å². The van der Waals surface area contributed by atoms with Gasteiger partial charge in [0.1, 0.15) is 0 Å². The van der Waals surface area contributed by atoms with Gasteiger partial charge in [-0.2, -0.15) is 0 Å². The SMILES string of the molecule is CC(C)N1CCCN(I)CC1. The lowest BCUT2D eigenvalue weighted by atomic mass is 10.3. The monoisotopic (exact) mass is 268 g/mol. The molecule has 2 nitrogen and oxygen atoms in total. The van der Waals surface area contributed by atoms with Gasteiger partial charge in [-0.3, -0.25) is 4.90 Å². The van der Waals surface area contributed by atoms with Crippen molar-refractivity contribution in [2.24, 2.45) is 0 Å². The summed E-state index contributed by atoms with van der Waals surface area (Å²) in [5.41, 5.74) is 0. The minimum Gasteiger partial charge on any atom is -0.300 e. The quantitative estimate of drug-likeness (QED) is 0.528. The third-order valence-electron chi connectivity index (χ3n) is 2.21. The molecule has 0 aromatic heterocycles. The second kappa shape index (κ2) is 4.62. The molecule has 3 heteroatoms. The fraction of sp³-hybridized carbons (Fsp3) is 1.00. The Kier molecular flexibility index (Phi) is 4.09. The number of nitrogens with zero attached hydrogens (tertiary/aromatic N) is 2. The molecule has 0 spiro atoms. The summed E-state index contributed by atoms with van der Waals surface area (Å²) in [4.78, 5) is 2.55. The van der Waals surface area contributed by atoms with Crippen LogP contribution in [0, 0.1) is 0 Å². The minimum atomic E-state index is 0.720. The van der Waals surface area contributed by atoms with E-state index in [1.54, 1.807) is 0 Å². The van der Waals surface area contributed by atoms with E-state index < -0.39 is 0 Å². The summed E-state index contributed by atoms with van der Waals surface area (Å²) >= 11 is 2.42. The van der Waals surface area contributed by atoms with Crippen molar-refractivity contribution in [3.63, 3.8) is 0 Å². The Labute approximate surface area is 83.4 Å². The van der Waals surface area contributed by atoms with Crippen LogP contribution >= 0.6 is 22.9 Å². The molecule has 0 aromatic carbocycles. The third kappa shape index (κ3) is 3.25. The van der Waals surface area contributed by atoms with E-state index in [9.17, 15) is 0 Å². The molecule has 0 saturated carbocycles. The van der Waals surface area contributed by atoms with E-state index in [1.807, 2.05) is 0 Å². The molecule has 0 aliphatic carbocycles. The van der Waals surface area contributed by atoms with E-state index in [0.29, 0.717) is 0 Å². The molecule has 0 N–H and O–H groups in total. The summed E-state index contributed by atoms with van der Waals surface area (Å²) in [5, 5.41) is 0. The topological polar surface area (TPSA) is 6.48 Å². The molecule has 1 aliphatic rings. The smallest absolute Gasteiger partial charge is 0.0209 e. The first-order chi connectivity index (χ1) is 5.20. The van der Waals surface area contributed by atoms with Crippen molar-refractivity contribution in [2.45, 2.75) is 26.3 Å². The first-order valence-corrected chi connectivity index (χ1v) is 5.31. The largest absolute Gasteiger partial charge is 0.300 e. The van der Waals surface area contributed by atoms with Gasteiger partial charge in [-0.15, -0.1) is 0 Å². The highest BCUT2D eigenvalue weighted by molar-refractivity contribution is 14.1. The molecule has 1 aliphatic heterocycles. The van der Waals surface area contributed by atoms with Gasteiger partial charge >= 0.3 is 0 Å². The zero-order valence-corrected chi connectivity index (χ0v) is 9.54. The zero-order valence-electron chi connectivity index (χ0n) is 7.39. The van der Waals surface area contributed by atoms with Crippen molar-refractivity contribution in [2.75, 3.05) is 26.2 Å². The molecule has 0 amide bonds. The van der Waals surface area contributed by atoms with E-state index in [4.69, 9.17) is 0 Å². The average Bonchev–Trinajstić information content (AvgIpc) is 2.13. The molecular weight excluding hydrogens is 251 g/mol. The molecule has 11 heavy (non-hydrogen) atoms. The summed E-state index contributed by atoms with van der Waals surface area (Å²) < 4.78 is 2.39. The van der Waals surface area contributed by atoms with Crippen LogP contribution in [0.3, 0.4) is 0 Å². The van der Waals surface area contributed by atoms with Crippen LogP contribution < -0.4 is 0 Å². The van der Waals surface area contributed by atoms with Crippen LogP contribution in [-0.4, -0.2) is 40.2 Å². The first-order valence-electron chi connectivity index (χ1n) is 4.35. The van der Waals surface area contributed by atoms with E-state index in [2.05, 4.69) is 44.7 Å². The van der Waals surface area contributed by atoms with E-state index in [-0.39, 0.29) is 0 Å². The van der Waals surface area contributed by atoms with Gasteiger partial charge in [0.05, 0.1) is 0 Å². The number of halogens is 1. The Morgan fingerprint density at radius 2 is 1.82 bits per heavy atom. The Morgan fingerprint density at radius 1 is 1.09 bits per heavy atom. The van der Waals surface area contributed by atoms with Gasteiger partial charge in [-0.1, -0.05) is 0 Å². The van der Waals surface area contributed by atoms with Gasteiger partial charge < -0.3 is 0 Å². The molecule has 0 radical (unpaired) electrons. The van der Waals surface area contributed by atoms with E-state index in [0.717, 1.165) is 6.04 Å². The predicted octanol–water partition coefficient (Wildman–Crippen LogP) is 1.75. The summed E-state index contributed by atoms with van der Waals surface area (Å²) in [6.45, 7) is 9.55. The molecule has 0 bridgehead atoms.